The molecule has 1 aliphatic carbocycles. The number of carboxylic acid groups (broad SMARTS) is 1. The lowest BCUT2D eigenvalue weighted by molar-refractivity contribution is -0.130. The second-order valence-electron chi connectivity index (χ2n) is 2.93. The number of allylic oxidation sites excluding steroid dienone is 1. The van der Waals surface area contributed by atoms with Crippen LogP contribution < -0.4 is 0 Å². The first-order chi connectivity index (χ1) is 6.18. The van der Waals surface area contributed by atoms with Crippen LogP contribution in [0.4, 0.5) is 0 Å². The molecule has 3 heteroatoms. The Morgan fingerprint density at radius 2 is 2.23 bits per heavy atom. The smallest absolute Gasteiger partial charge is 0.335 e. The average molecular weight is 195 g/mol. The second-order valence-corrected chi connectivity index (χ2v) is 3.36. The van der Waals surface area contributed by atoms with E-state index < -0.39 is 5.97 Å². The Morgan fingerprint density at radius 1 is 1.46 bits per heavy atom. The number of carboxylic acids is 1. The van der Waals surface area contributed by atoms with Crippen LogP contribution in [0, 0.1) is 0 Å². The molecule has 0 bridgehead atoms. The van der Waals surface area contributed by atoms with Gasteiger partial charge in [0.2, 0.25) is 0 Å². The first-order valence-electron chi connectivity index (χ1n) is 3.91. The van der Waals surface area contributed by atoms with E-state index in [1.54, 1.807) is 18.2 Å². The minimum atomic E-state index is -0.874. The average Bonchev–Trinajstić information content (AvgIpc) is 2.46. The highest BCUT2D eigenvalue weighted by atomic mass is 35.5. The number of carbonyl (C=O) groups is 1. The highest BCUT2D eigenvalue weighted by molar-refractivity contribution is 6.31. The van der Waals surface area contributed by atoms with E-state index in [2.05, 4.69) is 0 Å². The molecule has 1 aromatic rings. The lowest BCUT2D eigenvalue weighted by Crippen LogP contribution is -1.97. The van der Waals surface area contributed by atoms with Crippen LogP contribution >= 0.6 is 11.6 Å². The van der Waals surface area contributed by atoms with E-state index >= 15 is 0 Å². The normalized spacial score (nSPS) is 13.8. The van der Waals surface area contributed by atoms with E-state index in [-0.39, 0.29) is 0 Å². The van der Waals surface area contributed by atoms with Gasteiger partial charge in [-0.05, 0) is 29.7 Å². The van der Waals surface area contributed by atoms with Crippen LogP contribution in [0.25, 0.3) is 5.57 Å². The Balaban J connectivity index is 2.51. The summed E-state index contributed by atoms with van der Waals surface area (Å²) in [5, 5.41) is 9.48. The number of benzene rings is 1. The van der Waals surface area contributed by atoms with E-state index in [4.69, 9.17) is 16.7 Å². The van der Waals surface area contributed by atoms with Gasteiger partial charge < -0.3 is 5.11 Å². The summed E-state index contributed by atoms with van der Waals surface area (Å²) in [5.74, 6) is -0.874. The predicted molar refractivity (Wildman–Crippen MR) is 50.8 cm³/mol. The van der Waals surface area contributed by atoms with Crippen molar-refractivity contribution in [3.8, 4) is 0 Å². The molecule has 0 aliphatic heterocycles. The first-order valence-corrected chi connectivity index (χ1v) is 4.28. The predicted octanol–water partition coefficient (Wildman–Crippen LogP) is 2.36. The molecule has 0 spiro atoms. The first kappa shape index (κ1) is 8.32. The summed E-state index contributed by atoms with van der Waals surface area (Å²) in [4.78, 5) is 10.7. The van der Waals surface area contributed by atoms with Crippen LogP contribution in [-0.4, -0.2) is 11.1 Å². The van der Waals surface area contributed by atoms with Crippen molar-refractivity contribution in [2.75, 3.05) is 0 Å². The molecule has 2 nitrogen and oxygen atoms in total. The van der Waals surface area contributed by atoms with E-state index in [1.807, 2.05) is 6.07 Å². The second kappa shape index (κ2) is 2.89. The fourth-order valence-corrected chi connectivity index (χ4v) is 1.71. The van der Waals surface area contributed by atoms with Gasteiger partial charge in [-0.25, -0.2) is 4.79 Å². The highest BCUT2D eigenvalue weighted by Crippen LogP contribution is 2.29. The van der Waals surface area contributed by atoms with E-state index in [1.165, 1.54) is 0 Å². The molecule has 1 aromatic carbocycles. The third-order valence-electron chi connectivity index (χ3n) is 2.11. The van der Waals surface area contributed by atoms with Gasteiger partial charge in [-0.15, -0.1) is 0 Å². The van der Waals surface area contributed by atoms with Gasteiger partial charge in [0, 0.05) is 5.02 Å². The lowest BCUT2D eigenvalue weighted by atomic mass is 10.1. The van der Waals surface area contributed by atoms with Crippen molar-refractivity contribution in [3.63, 3.8) is 0 Å². The standard InChI is InChI=1S/C10H7ClO2/c11-7-2-4-8-6(5-7)1-3-9(8)10(12)13/h2-5H,1H2,(H,12,13). The summed E-state index contributed by atoms with van der Waals surface area (Å²) in [6.45, 7) is 0. The van der Waals surface area contributed by atoms with Gasteiger partial charge in [-0.2, -0.15) is 0 Å². The van der Waals surface area contributed by atoms with E-state index in [0.717, 1.165) is 11.1 Å². The minimum absolute atomic E-state index is 0.381. The van der Waals surface area contributed by atoms with Crippen molar-refractivity contribution < 1.29 is 9.90 Å². The number of aliphatic carboxylic acids is 1. The fourth-order valence-electron chi connectivity index (χ4n) is 1.52. The van der Waals surface area contributed by atoms with Crippen molar-refractivity contribution in [2.45, 2.75) is 6.42 Å². The molecular weight excluding hydrogens is 188 g/mol. The monoisotopic (exact) mass is 194 g/mol. The van der Waals surface area contributed by atoms with Crippen LogP contribution in [0.15, 0.2) is 24.3 Å². The number of halogens is 1. The van der Waals surface area contributed by atoms with Gasteiger partial charge >= 0.3 is 5.97 Å². The Bertz CT molecular complexity index is 407. The largest absolute Gasteiger partial charge is 0.478 e. The van der Waals surface area contributed by atoms with Gasteiger partial charge in [-0.3, -0.25) is 0 Å². The number of hydrogen-bond donors (Lipinski definition) is 1. The summed E-state index contributed by atoms with van der Waals surface area (Å²) >= 11 is 5.78. The highest BCUT2D eigenvalue weighted by Gasteiger charge is 2.19. The molecular formula is C10H7ClO2. The van der Waals surface area contributed by atoms with Crippen molar-refractivity contribution >= 4 is 23.1 Å². The Morgan fingerprint density at radius 3 is 2.92 bits per heavy atom. The number of hydrogen-bond acceptors (Lipinski definition) is 1. The number of rotatable bonds is 1. The molecule has 0 atom stereocenters. The summed E-state index contributed by atoms with van der Waals surface area (Å²) in [7, 11) is 0. The molecule has 0 saturated heterocycles. The molecule has 0 heterocycles. The Hall–Kier alpha value is -1.28. The van der Waals surface area contributed by atoms with E-state index in [0.29, 0.717) is 17.0 Å². The Kier molecular flexibility index (Phi) is 1.85. The summed E-state index contributed by atoms with van der Waals surface area (Å²) in [6, 6.07) is 5.27. The molecule has 13 heavy (non-hydrogen) atoms. The quantitative estimate of drug-likeness (QED) is 0.745. The van der Waals surface area contributed by atoms with Gasteiger partial charge in [0.25, 0.3) is 0 Å². The summed E-state index contributed by atoms with van der Waals surface area (Å²) < 4.78 is 0. The molecule has 0 aromatic heterocycles. The molecule has 0 amide bonds. The van der Waals surface area contributed by atoms with Gasteiger partial charge in [0.15, 0.2) is 0 Å². The zero-order valence-corrected chi connectivity index (χ0v) is 7.51. The zero-order chi connectivity index (χ0) is 9.42. The maximum Gasteiger partial charge on any atom is 0.335 e. The van der Waals surface area contributed by atoms with Gasteiger partial charge in [-0.1, -0.05) is 23.7 Å². The molecule has 66 valence electrons. The topological polar surface area (TPSA) is 37.3 Å². The SMILES string of the molecule is O=C(O)C1=CCc2cc(Cl)ccc21. The maximum absolute atomic E-state index is 10.7. The summed E-state index contributed by atoms with van der Waals surface area (Å²) in [6.07, 6.45) is 2.38. The van der Waals surface area contributed by atoms with Crippen molar-refractivity contribution in [3.05, 3.63) is 40.4 Å². The third kappa shape index (κ3) is 1.33. The lowest BCUT2D eigenvalue weighted by Gasteiger charge is -2.01. The Labute approximate surface area is 80.5 Å². The van der Waals surface area contributed by atoms with Crippen LogP contribution in [0.1, 0.15) is 11.1 Å². The minimum Gasteiger partial charge on any atom is -0.478 e. The molecule has 1 aliphatic rings. The third-order valence-corrected chi connectivity index (χ3v) is 2.35. The van der Waals surface area contributed by atoms with Gasteiger partial charge in [0.1, 0.15) is 0 Å². The van der Waals surface area contributed by atoms with E-state index in [9.17, 15) is 4.79 Å². The zero-order valence-electron chi connectivity index (χ0n) is 6.75. The van der Waals surface area contributed by atoms with Crippen LogP contribution in [-0.2, 0) is 11.2 Å². The summed E-state index contributed by atoms with van der Waals surface area (Å²) in [5.41, 5.74) is 2.16. The molecule has 0 unspecified atom stereocenters. The van der Waals surface area contributed by atoms with Crippen molar-refractivity contribution in [1.82, 2.24) is 0 Å². The molecule has 0 radical (unpaired) electrons. The van der Waals surface area contributed by atoms with Crippen molar-refractivity contribution in [1.29, 1.82) is 0 Å². The van der Waals surface area contributed by atoms with Gasteiger partial charge in [0.05, 0.1) is 5.57 Å². The molecule has 1 N–H and O–H groups in total. The number of fused-ring (bicyclic) bond motifs is 1. The van der Waals surface area contributed by atoms with Crippen LogP contribution in [0.3, 0.4) is 0 Å². The van der Waals surface area contributed by atoms with Crippen molar-refractivity contribution in [2.24, 2.45) is 0 Å². The molecule has 2 rings (SSSR count). The van der Waals surface area contributed by atoms with Crippen LogP contribution in [0.2, 0.25) is 5.02 Å². The fraction of sp³-hybridized carbons (Fsp3) is 0.100. The molecule has 0 saturated carbocycles. The maximum atomic E-state index is 10.7. The van der Waals surface area contributed by atoms with Crippen LogP contribution in [0.5, 0.6) is 0 Å². The molecule has 0 fully saturated rings.